The first-order valence-corrected chi connectivity index (χ1v) is 9.99. The van der Waals surface area contributed by atoms with E-state index in [0.29, 0.717) is 12.2 Å². The van der Waals surface area contributed by atoms with Gasteiger partial charge in [-0.2, -0.15) is 0 Å². The number of aromatic nitrogens is 1. The molecule has 0 saturated carbocycles. The predicted octanol–water partition coefficient (Wildman–Crippen LogP) is 1.73. The van der Waals surface area contributed by atoms with E-state index in [-0.39, 0.29) is 30.1 Å². The molecule has 1 aromatic carbocycles. The van der Waals surface area contributed by atoms with Crippen LogP contribution in [0.4, 0.5) is 0 Å². The van der Waals surface area contributed by atoms with Crippen molar-refractivity contribution < 1.29 is 14.3 Å². The number of carbonyl (C=O) groups excluding carboxylic acids is 1. The molecule has 3 rings (SSSR count). The largest absolute Gasteiger partial charge is 0.497 e. The SMILES string of the molecule is COc1ccc(COc2cn(C)c(CC(=O)NCCN3CCCC3)cc2=O)cc1. The van der Waals surface area contributed by atoms with Crippen molar-refractivity contribution in [2.24, 2.45) is 7.05 Å². The third-order valence-corrected chi connectivity index (χ3v) is 5.15. The number of methoxy groups -OCH3 is 1. The number of nitrogens with one attached hydrogen (secondary N) is 1. The topological polar surface area (TPSA) is 72.8 Å². The lowest BCUT2D eigenvalue weighted by Gasteiger charge is -2.15. The average Bonchev–Trinajstić information content (AvgIpc) is 3.23. The fraction of sp³-hybridized carbons (Fsp3) is 0.455. The summed E-state index contributed by atoms with van der Waals surface area (Å²) in [5.41, 5.74) is 1.37. The van der Waals surface area contributed by atoms with E-state index in [9.17, 15) is 9.59 Å². The molecule has 0 aliphatic carbocycles. The molecule has 1 saturated heterocycles. The third-order valence-electron chi connectivity index (χ3n) is 5.15. The van der Waals surface area contributed by atoms with Gasteiger partial charge in [0.15, 0.2) is 5.75 Å². The second-order valence-corrected chi connectivity index (χ2v) is 7.32. The van der Waals surface area contributed by atoms with Crippen LogP contribution in [-0.2, 0) is 24.9 Å². The van der Waals surface area contributed by atoms with Gasteiger partial charge in [-0.05, 0) is 43.6 Å². The molecule has 1 aliphatic heterocycles. The third kappa shape index (κ3) is 6.09. The van der Waals surface area contributed by atoms with Crippen LogP contribution in [0.15, 0.2) is 41.3 Å². The molecular weight excluding hydrogens is 370 g/mol. The molecule has 1 aromatic heterocycles. The molecule has 1 amide bonds. The normalized spacial score (nSPS) is 14.0. The molecular formula is C22H29N3O4. The van der Waals surface area contributed by atoms with Gasteiger partial charge in [-0.3, -0.25) is 9.59 Å². The highest BCUT2D eigenvalue weighted by atomic mass is 16.5. The molecule has 0 radical (unpaired) electrons. The zero-order chi connectivity index (χ0) is 20.6. The number of amides is 1. The zero-order valence-electron chi connectivity index (χ0n) is 17.1. The number of hydrogen-bond acceptors (Lipinski definition) is 5. The lowest BCUT2D eigenvalue weighted by atomic mass is 10.2. The Balaban J connectivity index is 1.52. The van der Waals surface area contributed by atoms with Gasteiger partial charge < -0.3 is 24.3 Å². The number of aryl methyl sites for hydroxylation is 1. The van der Waals surface area contributed by atoms with Gasteiger partial charge in [-0.1, -0.05) is 12.1 Å². The lowest BCUT2D eigenvalue weighted by Crippen LogP contribution is -2.34. The smallest absolute Gasteiger partial charge is 0.225 e. The maximum absolute atomic E-state index is 12.4. The van der Waals surface area contributed by atoms with Crippen LogP contribution in [0.2, 0.25) is 0 Å². The van der Waals surface area contributed by atoms with Crippen molar-refractivity contribution in [3.8, 4) is 11.5 Å². The Bertz CT molecular complexity index is 871. The van der Waals surface area contributed by atoms with Gasteiger partial charge in [0.25, 0.3) is 0 Å². The van der Waals surface area contributed by atoms with Crippen molar-refractivity contribution in [1.82, 2.24) is 14.8 Å². The standard InChI is InChI=1S/C22H29N3O4/c1-24-15-21(29-16-17-5-7-19(28-2)8-6-17)20(26)13-18(24)14-22(27)23-9-12-25-10-3-4-11-25/h5-8,13,15H,3-4,9-12,14,16H2,1-2H3,(H,23,27). The highest BCUT2D eigenvalue weighted by Crippen LogP contribution is 2.14. The summed E-state index contributed by atoms with van der Waals surface area (Å²) in [6.45, 7) is 4.03. The Kier molecular flexibility index (Phi) is 7.30. The Morgan fingerprint density at radius 1 is 1.17 bits per heavy atom. The minimum absolute atomic E-state index is 0.0777. The number of likely N-dealkylation sites (tertiary alicyclic amines) is 1. The molecule has 2 aromatic rings. The van der Waals surface area contributed by atoms with Crippen molar-refractivity contribution in [1.29, 1.82) is 0 Å². The van der Waals surface area contributed by atoms with E-state index in [2.05, 4.69) is 10.2 Å². The van der Waals surface area contributed by atoms with E-state index < -0.39 is 0 Å². The van der Waals surface area contributed by atoms with Gasteiger partial charge >= 0.3 is 0 Å². The molecule has 1 aliphatic rings. The minimum Gasteiger partial charge on any atom is -0.497 e. The molecule has 0 spiro atoms. The van der Waals surface area contributed by atoms with Crippen LogP contribution in [0.3, 0.4) is 0 Å². The van der Waals surface area contributed by atoms with Crippen LogP contribution in [-0.4, -0.2) is 48.7 Å². The molecule has 1 N–H and O–H groups in total. The maximum Gasteiger partial charge on any atom is 0.225 e. The molecule has 2 heterocycles. The summed E-state index contributed by atoms with van der Waals surface area (Å²) >= 11 is 0. The van der Waals surface area contributed by atoms with Gasteiger partial charge in [0.1, 0.15) is 12.4 Å². The van der Waals surface area contributed by atoms with Crippen molar-refractivity contribution in [2.45, 2.75) is 25.9 Å². The van der Waals surface area contributed by atoms with E-state index in [1.54, 1.807) is 17.9 Å². The van der Waals surface area contributed by atoms with Crippen LogP contribution in [0, 0.1) is 0 Å². The van der Waals surface area contributed by atoms with E-state index in [1.807, 2.05) is 31.3 Å². The van der Waals surface area contributed by atoms with Crippen molar-refractivity contribution in [2.75, 3.05) is 33.3 Å². The van der Waals surface area contributed by atoms with Gasteiger partial charge in [-0.15, -0.1) is 0 Å². The van der Waals surface area contributed by atoms with E-state index in [1.165, 1.54) is 18.9 Å². The number of rotatable bonds is 9. The van der Waals surface area contributed by atoms with Crippen LogP contribution in [0.25, 0.3) is 0 Å². The van der Waals surface area contributed by atoms with Crippen molar-refractivity contribution in [3.63, 3.8) is 0 Å². The number of nitrogens with zero attached hydrogens (tertiary/aromatic N) is 2. The number of hydrogen-bond donors (Lipinski definition) is 1. The number of pyridine rings is 1. The maximum atomic E-state index is 12.4. The van der Waals surface area contributed by atoms with Crippen molar-refractivity contribution >= 4 is 5.91 Å². The second kappa shape index (κ2) is 10.1. The van der Waals surface area contributed by atoms with Crippen LogP contribution >= 0.6 is 0 Å². The van der Waals surface area contributed by atoms with Gasteiger partial charge in [0.05, 0.1) is 19.7 Å². The summed E-state index contributed by atoms with van der Waals surface area (Å²) in [6, 6.07) is 8.96. The van der Waals surface area contributed by atoms with Gasteiger partial charge in [0, 0.05) is 31.9 Å². The summed E-state index contributed by atoms with van der Waals surface area (Å²) < 4.78 is 12.6. The average molecular weight is 399 g/mol. The molecule has 7 nitrogen and oxygen atoms in total. The fourth-order valence-corrected chi connectivity index (χ4v) is 3.40. The summed E-state index contributed by atoms with van der Waals surface area (Å²) in [5.74, 6) is 0.959. The first-order valence-electron chi connectivity index (χ1n) is 9.99. The summed E-state index contributed by atoms with van der Waals surface area (Å²) in [5, 5.41) is 2.94. The Hall–Kier alpha value is -2.80. The second-order valence-electron chi connectivity index (χ2n) is 7.32. The first-order chi connectivity index (χ1) is 14.0. The molecule has 1 fully saturated rings. The highest BCUT2D eigenvalue weighted by Gasteiger charge is 2.13. The fourth-order valence-electron chi connectivity index (χ4n) is 3.40. The van der Waals surface area contributed by atoms with Crippen LogP contribution in [0.5, 0.6) is 11.5 Å². The van der Waals surface area contributed by atoms with Gasteiger partial charge in [-0.25, -0.2) is 0 Å². The molecule has 29 heavy (non-hydrogen) atoms. The van der Waals surface area contributed by atoms with Crippen LogP contribution in [0.1, 0.15) is 24.1 Å². The Morgan fingerprint density at radius 2 is 1.90 bits per heavy atom. The van der Waals surface area contributed by atoms with E-state index >= 15 is 0 Å². The molecule has 0 unspecified atom stereocenters. The van der Waals surface area contributed by atoms with E-state index in [4.69, 9.17) is 9.47 Å². The van der Waals surface area contributed by atoms with Gasteiger partial charge in [0.2, 0.25) is 11.3 Å². The lowest BCUT2D eigenvalue weighted by molar-refractivity contribution is -0.120. The van der Waals surface area contributed by atoms with E-state index in [0.717, 1.165) is 30.9 Å². The zero-order valence-corrected chi connectivity index (χ0v) is 17.1. The Morgan fingerprint density at radius 3 is 2.59 bits per heavy atom. The number of ether oxygens (including phenoxy) is 2. The number of carbonyl (C=O) groups is 1. The highest BCUT2D eigenvalue weighted by molar-refractivity contribution is 5.78. The molecule has 0 bridgehead atoms. The van der Waals surface area contributed by atoms with Crippen molar-refractivity contribution in [3.05, 3.63) is 58.0 Å². The predicted molar refractivity (Wildman–Crippen MR) is 111 cm³/mol. The Labute approximate surface area is 171 Å². The summed E-state index contributed by atoms with van der Waals surface area (Å²) in [7, 11) is 3.43. The molecule has 156 valence electrons. The monoisotopic (exact) mass is 399 g/mol. The molecule has 7 heteroatoms. The quantitative estimate of drug-likeness (QED) is 0.695. The molecule has 0 atom stereocenters. The summed E-state index contributed by atoms with van der Waals surface area (Å²) in [4.78, 5) is 27.0. The minimum atomic E-state index is -0.225. The first kappa shape index (κ1) is 20.9. The number of benzene rings is 1. The summed E-state index contributed by atoms with van der Waals surface area (Å²) in [6.07, 6.45) is 4.29. The van der Waals surface area contributed by atoms with Crippen LogP contribution < -0.4 is 20.2 Å².